The van der Waals surface area contributed by atoms with Crippen molar-refractivity contribution in [1.29, 1.82) is 0 Å². The number of aromatic hydroxyl groups is 1. The van der Waals surface area contributed by atoms with Gasteiger partial charge in [0.2, 0.25) is 0 Å². The number of halogens is 1. The molecule has 0 aliphatic heterocycles. The van der Waals surface area contributed by atoms with Gasteiger partial charge in [-0.2, -0.15) is 0 Å². The first-order valence-electron chi connectivity index (χ1n) is 6.16. The van der Waals surface area contributed by atoms with Crippen LogP contribution in [0.15, 0.2) is 18.2 Å². The largest absolute Gasteiger partial charge is 0.507 e. The average molecular weight is 270 g/mol. The van der Waals surface area contributed by atoms with Crippen molar-refractivity contribution >= 4 is 17.5 Å². The van der Waals surface area contributed by atoms with Crippen LogP contribution in [0.3, 0.4) is 0 Å². The van der Waals surface area contributed by atoms with Gasteiger partial charge in [0, 0.05) is 5.88 Å². The minimum absolute atomic E-state index is 0.00294. The molecule has 0 aliphatic carbocycles. The van der Waals surface area contributed by atoms with Crippen molar-refractivity contribution in [3.63, 3.8) is 0 Å². The quantitative estimate of drug-likeness (QED) is 0.807. The summed E-state index contributed by atoms with van der Waals surface area (Å²) in [6.45, 7) is 5.84. The van der Waals surface area contributed by atoms with Gasteiger partial charge < -0.3 is 10.4 Å². The van der Waals surface area contributed by atoms with Gasteiger partial charge in [-0.25, -0.2) is 0 Å². The van der Waals surface area contributed by atoms with E-state index in [2.05, 4.69) is 5.32 Å². The van der Waals surface area contributed by atoms with Crippen molar-refractivity contribution in [3.05, 3.63) is 29.3 Å². The number of phenolic OH excluding ortho intramolecular Hbond substituents is 1. The lowest BCUT2D eigenvalue weighted by Gasteiger charge is -2.30. The first kappa shape index (κ1) is 14.8. The van der Waals surface area contributed by atoms with E-state index in [0.717, 1.165) is 18.4 Å². The van der Waals surface area contributed by atoms with Crippen molar-refractivity contribution in [1.82, 2.24) is 5.32 Å². The summed E-state index contributed by atoms with van der Waals surface area (Å²) in [6.07, 6.45) is 1.51. The predicted molar refractivity (Wildman–Crippen MR) is 74.3 cm³/mol. The van der Waals surface area contributed by atoms with Crippen molar-refractivity contribution in [3.8, 4) is 5.75 Å². The fraction of sp³-hybridized carbons (Fsp3) is 0.500. The van der Waals surface area contributed by atoms with Gasteiger partial charge in [0.15, 0.2) is 0 Å². The van der Waals surface area contributed by atoms with E-state index in [1.807, 2.05) is 20.8 Å². The van der Waals surface area contributed by atoms with E-state index in [-0.39, 0.29) is 17.2 Å². The number of carbonyl (C=O) groups is 1. The van der Waals surface area contributed by atoms with Crippen molar-refractivity contribution in [2.45, 2.75) is 39.2 Å². The second-order valence-corrected chi connectivity index (χ2v) is 4.86. The monoisotopic (exact) mass is 269 g/mol. The van der Waals surface area contributed by atoms with Crippen molar-refractivity contribution in [2.24, 2.45) is 0 Å². The van der Waals surface area contributed by atoms with E-state index in [9.17, 15) is 9.90 Å². The Bertz CT molecular complexity index is 420. The Labute approximate surface area is 113 Å². The van der Waals surface area contributed by atoms with Gasteiger partial charge in [0.05, 0.1) is 11.1 Å². The van der Waals surface area contributed by atoms with Crippen LogP contribution in [-0.4, -0.2) is 22.4 Å². The van der Waals surface area contributed by atoms with E-state index in [0.29, 0.717) is 5.88 Å². The number of amides is 1. The molecule has 0 unspecified atom stereocenters. The molecule has 0 saturated carbocycles. The molecule has 1 amide bonds. The summed E-state index contributed by atoms with van der Waals surface area (Å²) in [7, 11) is 0. The highest BCUT2D eigenvalue weighted by molar-refractivity contribution is 6.19. The number of carbonyl (C=O) groups excluding carboxylic acids is 1. The molecule has 1 aromatic rings. The molecule has 0 saturated heterocycles. The van der Waals surface area contributed by atoms with E-state index in [1.54, 1.807) is 18.2 Å². The first-order valence-corrected chi connectivity index (χ1v) is 6.69. The van der Waals surface area contributed by atoms with Crippen LogP contribution in [0.1, 0.15) is 42.6 Å². The molecule has 0 bridgehead atoms. The number of benzene rings is 1. The lowest BCUT2D eigenvalue weighted by atomic mass is 9.94. The third kappa shape index (κ3) is 3.16. The first-order chi connectivity index (χ1) is 8.48. The van der Waals surface area contributed by atoms with Gasteiger partial charge in [0.25, 0.3) is 5.91 Å². The van der Waals surface area contributed by atoms with Gasteiger partial charge in [-0.15, -0.1) is 11.6 Å². The van der Waals surface area contributed by atoms with Crippen LogP contribution in [0.2, 0.25) is 0 Å². The van der Waals surface area contributed by atoms with Gasteiger partial charge in [0.1, 0.15) is 5.75 Å². The summed E-state index contributed by atoms with van der Waals surface area (Å²) >= 11 is 5.94. The highest BCUT2D eigenvalue weighted by Crippen LogP contribution is 2.22. The Morgan fingerprint density at radius 2 is 2.00 bits per heavy atom. The maximum Gasteiger partial charge on any atom is 0.255 e. The zero-order valence-corrected chi connectivity index (χ0v) is 11.8. The van der Waals surface area contributed by atoms with E-state index in [1.165, 1.54) is 0 Å². The second-order valence-electron chi connectivity index (χ2n) is 4.60. The molecule has 1 rings (SSSR count). The molecular formula is C14H20ClNO2. The third-order valence-electron chi connectivity index (χ3n) is 3.39. The molecule has 1 aromatic carbocycles. The number of hydrogen-bond acceptors (Lipinski definition) is 2. The molecule has 18 heavy (non-hydrogen) atoms. The normalized spacial score (nSPS) is 11.3. The Morgan fingerprint density at radius 3 is 2.44 bits per heavy atom. The van der Waals surface area contributed by atoms with Gasteiger partial charge in [-0.3, -0.25) is 4.79 Å². The molecule has 0 heterocycles. The Balaban J connectivity index is 2.94. The van der Waals surface area contributed by atoms with Crippen molar-refractivity contribution < 1.29 is 9.90 Å². The number of nitrogens with one attached hydrogen (secondary N) is 1. The van der Waals surface area contributed by atoms with Gasteiger partial charge >= 0.3 is 0 Å². The van der Waals surface area contributed by atoms with E-state index in [4.69, 9.17) is 11.6 Å². The maximum atomic E-state index is 12.1. The molecule has 0 atom stereocenters. The topological polar surface area (TPSA) is 49.3 Å². The molecule has 0 spiro atoms. The molecular weight excluding hydrogens is 250 g/mol. The summed E-state index contributed by atoms with van der Waals surface area (Å²) in [5, 5.41) is 12.7. The fourth-order valence-electron chi connectivity index (χ4n) is 1.79. The highest BCUT2D eigenvalue weighted by Gasteiger charge is 2.28. The smallest absolute Gasteiger partial charge is 0.255 e. The van der Waals surface area contributed by atoms with Crippen LogP contribution in [0, 0.1) is 6.92 Å². The van der Waals surface area contributed by atoms with Gasteiger partial charge in [-0.1, -0.05) is 19.9 Å². The Kier molecular flexibility index (Phi) is 5.03. The summed E-state index contributed by atoms with van der Waals surface area (Å²) in [4.78, 5) is 12.1. The minimum atomic E-state index is -0.407. The maximum absolute atomic E-state index is 12.1. The number of hydrogen-bond donors (Lipinski definition) is 2. The fourth-order valence-corrected chi connectivity index (χ4v) is 2.24. The standard InChI is InChI=1S/C14H20ClNO2/c1-4-14(5-2,9-15)16-13(18)11-7-6-10(3)8-12(11)17/h6-8,17H,4-5,9H2,1-3H3,(H,16,18). The molecule has 3 nitrogen and oxygen atoms in total. The third-order valence-corrected chi connectivity index (χ3v) is 3.90. The summed E-state index contributed by atoms with van der Waals surface area (Å²) in [5.41, 5.74) is 0.798. The molecule has 2 N–H and O–H groups in total. The van der Waals surface area contributed by atoms with Crippen LogP contribution in [0.25, 0.3) is 0 Å². The molecule has 0 radical (unpaired) electrons. The van der Waals surface area contributed by atoms with Crippen LogP contribution in [-0.2, 0) is 0 Å². The zero-order chi connectivity index (χ0) is 13.8. The lowest BCUT2D eigenvalue weighted by Crippen LogP contribution is -2.49. The molecule has 0 fully saturated rings. The van der Waals surface area contributed by atoms with Crippen LogP contribution in [0.5, 0.6) is 5.75 Å². The Morgan fingerprint density at radius 1 is 1.39 bits per heavy atom. The SMILES string of the molecule is CCC(CC)(CCl)NC(=O)c1ccc(C)cc1O. The van der Waals surface area contributed by atoms with Gasteiger partial charge in [-0.05, 0) is 37.5 Å². The zero-order valence-electron chi connectivity index (χ0n) is 11.1. The average Bonchev–Trinajstić information content (AvgIpc) is 2.36. The van der Waals surface area contributed by atoms with Crippen LogP contribution >= 0.6 is 11.6 Å². The summed E-state index contributed by atoms with van der Waals surface area (Å²) < 4.78 is 0. The summed E-state index contributed by atoms with van der Waals surface area (Å²) in [5.74, 6) is 0.0817. The molecule has 0 aliphatic rings. The highest BCUT2D eigenvalue weighted by atomic mass is 35.5. The second kappa shape index (κ2) is 6.10. The lowest BCUT2D eigenvalue weighted by molar-refractivity contribution is 0.0900. The van der Waals surface area contributed by atoms with Crippen molar-refractivity contribution in [2.75, 3.05) is 5.88 Å². The number of alkyl halides is 1. The summed E-state index contributed by atoms with van der Waals surface area (Å²) in [6, 6.07) is 5.01. The number of rotatable bonds is 5. The number of aryl methyl sites for hydroxylation is 1. The molecule has 4 heteroatoms. The van der Waals surface area contributed by atoms with E-state index >= 15 is 0 Å². The Hall–Kier alpha value is -1.22. The van der Waals surface area contributed by atoms with Crippen LogP contribution < -0.4 is 5.32 Å². The van der Waals surface area contributed by atoms with E-state index < -0.39 is 5.54 Å². The molecule has 100 valence electrons. The molecule has 0 aromatic heterocycles. The number of phenols is 1. The minimum Gasteiger partial charge on any atom is -0.507 e. The predicted octanol–water partition coefficient (Wildman–Crippen LogP) is 3.23. The van der Waals surface area contributed by atoms with Crippen LogP contribution in [0.4, 0.5) is 0 Å².